The van der Waals surface area contributed by atoms with E-state index in [1.807, 2.05) is 0 Å². The Balaban J connectivity index is 1.68. The summed E-state index contributed by atoms with van der Waals surface area (Å²) in [6, 6.07) is 2.74. The van der Waals surface area contributed by atoms with Crippen LogP contribution < -0.4 is 20.3 Å². The number of rotatable bonds is 4. The highest BCUT2D eigenvalue weighted by molar-refractivity contribution is 6.16. The third-order valence-electron chi connectivity index (χ3n) is 6.22. The number of halogens is 1. The van der Waals surface area contributed by atoms with E-state index in [1.165, 1.54) is 24.1 Å². The fraction of sp³-hybridized carbons (Fsp3) is 0.423. The van der Waals surface area contributed by atoms with Gasteiger partial charge in [0.25, 0.3) is 0 Å². The van der Waals surface area contributed by atoms with Crippen molar-refractivity contribution in [2.75, 3.05) is 29.9 Å². The first-order chi connectivity index (χ1) is 18.0. The molecule has 200 valence electrons. The standard InChI is InChI=1S/C26H31FN8O3/c1-14-29-11-17(12-30-14)37-24-32-22-20(23(33-24)35-8-6-7-16(28)13-35)18-9-15(27)10-19(21(18)31-22)34(5)25(36)38-26(2,3)4/h9-12,16H,6-8,13,28H2,1-5H3,(H,31,32,33)/t16-/m1/s1. The number of piperidine rings is 1. The Labute approximate surface area is 219 Å². The zero-order chi connectivity index (χ0) is 27.2. The summed E-state index contributed by atoms with van der Waals surface area (Å²) in [5, 5.41) is 1.14. The van der Waals surface area contributed by atoms with Crippen LogP contribution in [0.2, 0.25) is 0 Å². The lowest BCUT2D eigenvalue weighted by molar-refractivity contribution is 0.0589. The van der Waals surface area contributed by atoms with Gasteiger partial charge in [-0.1, -0.05) is 0 Å². The van der Waals surface area contributed by atoms with Crippen LogP contribution in [0.5, 0.6) is 11.8 Å². The van der Waals surface area contributed by atoms with Gasteiger partial charge in [0, 0.05) is 31.6 Å². The summed E-state index contributed by atoms with van der Waals surface area (Å²) in [7, 11) is 1.54. The first kappa shape index (κ1) is 25.6. The molecule has 0 saturated carbocycles. The number of ether oxygens (including phenoxy) is 2. The molecule has 1 fully saturated rings. The predicted octanol–water partition coefficient (Wildman–Crippen LogP) is 4.44. The number of anilines is 2. The number of carbonyl (C=O) groups excluding carboxylic acids is 1. The van der Waals surface area contributed by atoms with Crippen molar-refractivity contribution in [2.45, 2.75) is 52.2 Å². The van der Waals surface area contributed by atoms with E-state index in [0.29, 0.717) is 51.6 Å². The molecule has 0 bridgehead atoms. The van der Waals surface area contributed by atoms with Gasteiger partial charge in [-0.25, -0.2) is 19.2 Å². The minimum Gasteiger partial charge on any atom is -0.443 e. The lowest BCUT2D eigenvalue weighted by Gasteiger charge is -2.32. The van der Waals surface area contributed by atoms with E-state index in [4.69, 9.17) is 20.2 Å². The number of nitrogens with zero attached hydrogens (tertiary/aromatic N) is 6. The second-order valence-electron chi connectivity index (χ2n) is 10.5. The number of H-pyrrole nitrogens is 1. The van der Waals surface area contributed by atoms with E-state index in [1.54, 1.807) is 40.1 Å². The van der Waals surface area contributed by atoms with Gasteiger partial charge < -0.3 is 25.1 Å². The number of carbonyl (C=O) groups is 1. The number of fused-ring (bicyclic) bond motifs is 3. The van der Waals surface area contributed by atoms with Crippen LogP contribution in [-0.2, 0) is 4.74 Å². The molecular formula is C26H31FN8O3. The zero-order valence-electron chi connectivity index (χ0n) is 22.1. The predicted molar refractivity (Wildman–Crippen MR) is 142 cm³/mol. The summed E-state index contributed by atoms with van der Waals surface area (Å²) in [4.78, 5) is 37.1. The number of aromatic amines is 1. The number of hydrogen-bond donors (Lipinski definition) is 2. The van der Waals surface area contributed by atoms with Crippen LogP contribution in [0.4, 0.5) is 20.7 Å². The van der Waals surface area contributed by atoms with Crippen molar-refractivity contribution in [1.82, 2.24) is 24.9 Å². The zero-order valence-corrected chi connectivity index (χ0v) is 22.1. The maximum atomic E-state index is 15.0. The summed E-state index contributed by atoms with van der Waals surface area (Å²) < 4.78 is 26.4. The van der Waals surface area contributed by atoms with Crippen LogP contribution in [-0.4, -0.2) is 62.8 Å². The second kappa shape index (κ2) is 9.67. The number of aromatic nitrogens is 5. The molecule has 1 aliphatic rings. The summed E-state index contributed by atoms with van der Waals surface area (Å²) in [5.74, 6) is 1.04. The highest BCUT2D eigenvalue weighted by Gasteiger charge is 2.27. The molecule has 5 rings (SSSR count). The lowest BCUT2D eigenvalue weighted by Crippen LogP contribution is -2.43. The Kier molecular flexibility index (Phi) is 6.51. The Morgan fingerprint density at radius 1 is 1.24 bits per heavy atom. The normalized spacial score (nSPS) is 16.2. The summed E-state index contributed by atoms with van der Waals surface area (Å²) in [6.45, 7) is 8.39. The molecule has 12 heteroatoms. The van der Waals surface area contributed by atoms with Crippen LogP contribution in [0.25, 0.3) is 21.9 Å². The lowest BCUT2D eigenvalue weighted by atomic mass is 10.1. The minimum atomic E-state index is -0.712. The van der Waals surface area contributed by atoms with Crippen molar-refractivity contribution >= 4 is 39.5 Å². The molecular weight excluding hydrogens is 491 g/mol. The van der Waals surface area contributed by atoms with Crippen LogP contribution in [0, 0.1) is 12.7 Å². The monoisotopic (exact) mass is 522 g/mol. The number of hydrogen-bond acceptors (Lipinski definition) is 9. The largest absolute Gasteiger partial charge is 0.443 e. The van der Waals surface area contributed by atoms with Gasteiger partial charge in [-0.15, -0.1) is 0 Å². The van der Waals surface area contributed by atoms with Crippen molar-refractivity contribution in [3.8, 4) is 11.8 Å². The Hall–Kier alpha value is -4.06. The van der Waals surface area contributed by atoms with E-state index in [0.717, 1.165) is 19.4 Å². The molecule has 1 aromatic carbocycles. The maximum absolute atomic E-state index is 15.0. The molecule has 38 heavy (non-hydrogen) atoms. The summed E-state index contributed by atoms with van der Waals surface area (Å²) >= 11 is 0. The van der Waals surface area contributed by atoms with Gasteiger partial charge in [0.15, 0.2) is 5.75 Å². The van der Waals surface area contributed by atoms with Crippen LogP contribution in [0.15, 0.2) is 24.5 Å². The molecule has 1 saturated heterocycles. The minimum absolute atomic E-state index is 0.0283. The smallest absolute Gasteiger partial charge is 0.414 e. The molecule has 4 aromatic rings. The first-order valence-corrected chi connectivity index (χ1v) is 12.5. The van der Waals surface area contributed by atoms with Crippen LogP contribution >= 0.6 is 0 Å². The van der Waals surface area contributed by atoms with Gasteiger partial charge in [0.2, 0.25) is 0 Å². The number of nitrogens with two attached hydrogens (primary N) is 1. The van der Waals surface area contributed by atoms with Gasteiger partial charge in [-0.3, -0.25) is 4.90 Å². The molecule has 0 unspecified atom stereocenters. The molecule has 0 spiro atoms. The molecule has 0 radical (unpaired) electrons. The first-order valence-electron chi connectivity index (χ1n) is 12.5. The molecule has 1 atom stereocenters. The highest BCUT2D eigenvalue weighted by Crippen LogP contribution is 2.39. The van der Waals surface area contributed by atoms with E-state index in [9.17, 15) is 9.18 Å². The van der Waals surface area contributed by atoms with Crippen LogP contribution in [0.3, 0.4) is 0 Å². The second-order valence-corrected chi connectivity index (χ2v) is 10.5. The molecule has 3 aromatic heterocycles. The molecule has 1 amide bonds. The molecule has 0 aliphatic carbocycles. The van der Waals surface area contributed by atoms with Crippen LogP contribution in [0.1, 0.15) is 39.4 Å². The third kappa shape index (κ3) is 5.17. The fourth-order valence-electron chi connectivity index (χ4n) is 4.52. The number of aryl methyl sites for hydroxylation is 1. The van der Waals surface area contributed by atoms with Gasteiger partial charge >= 0.3 is 12.1 Å². The van der Waals surface area contributed by atoms with Crippen molar-refractivity contribution in [3.05, 3.63) is 36.2 Å². The summed E-state index contributed by atoms with van der Waals surface area (Å²) in [5.41, 5.74) is 6.82. The average Bonchev–Trinajstić information content (AvgIpc) is 3.21. The Morgan fingerprint density at radius 3 is 2.66 bits per heavy atom. The topological polar surface area (TPSA) is 135 Å². The Bertz CT molecular complexity index is 1500. The van der Waals surface area contributed by atoms with E-state index >= 15 is 0 Å². The van der Waals surface area contributed by atoms with Crippen molar-refractivity contribution in [1.29, 1.82) is 0 Å². The quantitative estimate of drug-likeness (QED) is 0.399. The van der Waals surface area contributed by atoms with Gasteiger partial charge in [-0.05, 0) is 52.7 Å². The third-order valence-corrected chi connectivity index (χ3v) is 6.22. The fourth-order valence-corrected chi connectivity index (χ4v) is 4.52. The molecule has 1 aliphatic heterocycles. The van der Waals surface area contributed by atoms with Gasteiger partial charge in [0.05, 0.1) is 29.0 Å². The molecule has 3 N–H and O–H groups in total. The van der Waals surface area contributed by atoms with Crippen molar-refractivity contribution < 1.29 is 18.7 Å². The SMILES string of the molecule is Cc1ncc(Oc2nc(N3CCC[C@@H](N)C3)c3c(n2)[nH]c2c(N(C)C(=O)OC(C)(C)C)cc(F)cc23)cn1. The van der Waals surface area contributed by atoms with Gasteiger partial charge in [-0.2, -0.15) is 9.97 Å². The van der Waals surface area contributed by atoms with Crippen molar-refractivity contribution in [2.24, 2.45) is 5.73 Å². The average molecular weight is 523 g/mol. The molecule has 11 nitrogen and oxygen atoms in total. The maximum Gasteiger partial charge on any atom is 0.414 e. The highest BCUT2D eigenvalue weighted by atomic mass is 19.1. The number of nitrogens with one attached hydrogen (secondary N) is 1. The van der Waals surface area contributed by atoms with Crippen molar-refractivity contribution in [3.63, 3.8) is 0 Å². The number of amides is 1. The van der Waals surface area contributed by atoms with E-state index < -0.39 is 17.5 Å². The number of benzene rings is 1. The Morgan fingerprint density at radius 2 is 1.97 bits per heavy atom. The van der Waals surface area contributed by atoms with Gasteiger partial charge in [0.1, 0.15) is 28.7 Å². The molecule has 4 heterocycles. The van der Waals surface area contributed by atoms with E-state index in [-0.39, 0.29) is 12.1 Å². The summed E-state index contributed by atoms with van der Waals surface area (Å²) in [6.07, 6.45) is 4.27. The van der Waals surface area contributed by atoms with E-state index in [2.05, 4.69) is 24.8 Å².